The molecule has 1 aromatic carbocycles. The maximum atomic E-state index is 5.19. The Hall–Kier alpha value is -1.76. The molecule has 0 spiro atoms. The molecule has 0 heterocycles. The van der Waals surface area contributed by atoms with Crippen LogP contribution in [0.4, 0.5) is 0 Å². The lowest BCUT2D eigenvalue weighted by molar-refractivity contribution is 0.304. The van der Waals surface area contributed by atoms with Gasteiger partial charge >= 0.3 is 0 Å². The lowest BCUT2D eigenvalue weighted by Crippen LogP contribution is -1.95. The van der Waals surface area contributed by atoms with Crippen LogP contribution in [0.5, 0.6) is 0 Å². The Morgan fingerprint density at radius 1 is 1.18 bits per heavy atom. The fourth-order valence-corrected chi connectivity index (χ4v) is 2.01. The van der Waals surface area contributed by atoms with Crippen molar-refractivity contribution in [2.24, 2.45) is 0 Å². The van der Waals surface area contributed by atoms with E-state index < -0.39 is 0 Å². The zero-order valence-corrected chi connectivity index (χ0v) is 10.4. The highest BCUT2D eigenvalue weighted by atomic mass is 16.5. The van der Waals surface area contributed by atoms with Gasteiger partial charge in [-0.1, -0.05) is 42.0 Å². The van der Waals surface area contributed by atoms with E-state index in [2.05, 4.69) is 49.4 Å². The van der Waals surface area contributed by atoms with Crippen LogP contribution in [0.3, 0.4) is 0 Å². The lowest BCUT2D eigenvalue weighted by atomic mass is 9.96. The molecule has 0 N–H and O–H groups in total. The van der Waals surface area contributed by atoms with Crippen LogP contribution < -0.4 is 0 Å². The molecule has 88 valence electrons. The van der Waals surface area contributed by atoms with Crippen molar-refractivity contribution in [3.8, 4) is 0 Å². The first kappa shape index (κ1) is 11.7. The molecule has 0 amide bonds. The molecule has 17 heavy (non-hydrogen) atoms. The van der Waals surface area contributed by atoms with E-state index in [4.69, 9.17) is 4.74 Å². The minimum Gasteiger partial charge on any atom is -0.497 e. The van der Waals surface area contributed by atoms with Crippen molar-refractivity contribution in [2.75, 3.05) is 7.11 Å². The fourth-order valence-electron chi connectivity index (χ4n) is 2.01. The van der Waals surface area contributed by atoms with Gasteiger partial charge in [-0.3, -0.25) is 0 Å². The molecule has 1 nitrogen and oxygen atoms in total. The van der Waals surface area contributed by atoms with Gasteiger partial charge in [0.2, 0.25) is 0 Å². The average Bonchev–Trinajstić information content (AvgIpc) is 2.40. The quantitative estimate of drug-likeness (QED) is 0.756. The van der Waals surface area contributed by atoms with Gasteiger partial charge in [0.1, 0.15) is 5.76 Å². The summed E-state index contributed by atoms with van der Waals surface area (Å²) in [5.74, 6) is 0.960. The molecule has 0 bridgehead atoms. The molecule has 1 aliphatic carbocycles. The Bertz CT molecular complexity index is 464. The summed E-state index contributed by atoms with van der Waals surface area (Å²) >= 11 is 0. The standard InChI is InChI=1S/C16H18O/c1-13(12-14-6-4-3-5-7-14)15-8-10-16(17-2)11-9-15/h3-8,10-11H,9,12H2,1-2H3/b15-13+. The Labute approximate surface area is 103 Å². The molecule has 1 aromatic rings. The summed E-state index contributed by atoms with van der Waals surface area (Å²) in [6.45, 7) is 2.21. The second kappa shape index (κ2) is 5.53. The smallest absolute Gasteiger partial charge is 0.115 e. The van der Waals surface area contributed by atoms with Gasteiger partial charge < -0.3 is 4.74 Å². The second-order valence-electron chi connectivity index (χ2n) is 4.32. The normalized spacial score (nSPS) is 17.6. The minimum absolute atomic E-state index is 0.960. The minimum atomic E-state index is 0.960. The molecule has 0 unspecified atom stereocenters. The van der Waals surface area contributed by atoms with E-state index in [0.29, 0.717) is 0 Å². The van der Waals surface area contributed by atoms with Crippen LogP contribution in [0.2, 0.25) is 0 Å². The van der Waals surface area contributed by atoms with Gasteiger partial charge in [0.05, 0.1) is 7.11 Å². The molecule has 0 aliphatic heterocycles. The number of rotatable bonds is 3. The van der Waals surface area contributed by atoms with E-state index in [0.717, 1.165) is 18.6 Å². The summed E-state index contributed by atoms with van der Waals surface area (Å²) in [4.78, 5) is 0. The molecule has 0 saturated carbocycles. The molecule has 2 rings (SSSR count). The van der Waals surface area contributed by atoms with Crippen LogP contribution in [0.25, 0.3) is 0 Å². The number of hydrogen-bond donors (Lipinski definition) is 0. The van der Waals surface area contributed by atoms with Crippen LogP contribution in [0.1, 0.15) is 18.9 Å². The van der Waals surface area contributed by atoms with Gasteiger partial charge in [0.25, 0.3) is 0 Å². The van der Waals surface area contributed by atoms with Gasteiger partial charge in [-0.15, -0.1) is 0 Å². The molecule has 0 atom stereocenters. The summed E-state index contributed by atoms with van der Waals surface area (Å²) in [5.41, 5.74) is 4.20. The summed E-state index contributed by atoms with van der Waals surface area (Å²) in [6, 6.07) is 10.6. The van der Waals surface area contributed by atoms with Crippen molar-refractivity contribution in [3.05, 3.63) is 71.0 Å². The molecule has 0 fully saturated rings. The molecule has 1 heteroatoms. The predicted molar refractivity (Wildman–Crippen MR) is 71.7 cm³/mol. The van der Waals surface area contributed by atoms with Gasteiger partial charge in [-0.05, 0) is 43.1 Å². The third-order valence-electron chi connectivity index (χ3n) is 3.07. The van der Waals surface area contributed by atoms with E-state index in [1.807, 2.05) is 6.08 Å². The van der Waals surface area contributed by atoms with Crippen molar-refractivity contribution in [1.29, 1.82) is 0 Å². The molecular formula is C16H18O. The van der Waals surface area contributed by atoms with Gasteiger partial charge in [0.15, 0.2) is 0 Å². The van der Waals surface area contributed by atoms with Gasteiger partial charge in [-0.25, -0.2) is 0 Å². The third-order valence-corrected chi connectivity index (χ3v) is 3.07. The van der Waals surface area contributed by atoms with E-state index in [1.165, 1.54) is 16.7 Å². The van der Waals surface area contributed by atoms with Gasteiger partial charge in [0, 0.05) is 0 Å². The SMILES string of the molecule is COC1=CC/C(=C(\C)Cc2ccccc2)C=C1. The molecular weight excluding hydrogens is 208 g/mol. The molecule has 0 radical (unpaired) electrons. The summed E-state index contributed by atoms with van der Waals surface area (Å²) in [5, 5.41) is 0. The first-order chi connectivity index (χ1) is 8.29. The number of ether oxygens (including phenoxy) is 1. The maximum Gasteiger partial charge on any atom is 0.115 e. The zero-order valence-electron chi connectivity index (χ0n) is 10.4. The van der Waals surface area contributed by atoms with Crippen molar-refractivity contribution < 1.29 is 4.74 Å². The highest BCUT2D eigenvalue weighted by Crippen LogP contribution is 2.21. The van der Waals surface area contributed by atoms with Crippen LogP contribution in [0.15, 0.2) is 65.5 Å². The molecule has 1 aliphatic rings. The topological polar surface area (TPSA) is 9.23 Å². The van der Waals surface area contributed by atoms with Crippen molar-refractivity contribution >= 4 is 0 Å². The Morgan fingerprint density at radius 3 is 2.53 bits per heavy atom. The number of allylic oxidation sites excluding steroid dienone is 5. The first-order valence-electron chi connectivity index (χ1n) is 5.94. The Balaban J connectivity index is 2.08. The zero-order chi connectivity index (χ0) is 12.1. The van der Waals surface area contributed by atoms with Gasteiger partial charge in [-0.2, -0.15) is 0 Å². The van der Waals surface area contributed by atoms with E-state index in [-0.39, 0.29) is 0 Å². The lowest BCUT2D eigenvalue weighted by Gasteiger charge is -2.12. The van der Waals surface area contributed by atoms with Crippen LogP contribution in [0, 0.1) is 0 Å². The first-order valence-corrected chi connectivity index (χ1v) is 5.94. The molecule has 0 saturated heterocycles. The van der Waals surface area contributed by atoms with E-state index >= 15 is 0 Å². The highest BCUT2D eigenvalue weighted by Gasteiger charge is 2.05. The predicted octanol–water partition coefficient (Wildman–Crippen LogP) is 4.04. The maximum absolute atomic E-state index is 5.19. The highest BCUT2D eigenvalue weighted by molar-refractivity contribution is 5.37. The summed E-state index contributed by atoms with van der Waals surface area (Å²) in [7, 11) is 1.71. The fraction of sp³-hybridized carbons (Fsp3) is 0.250. The number of hydrogen-bond acceptors (Lipinski definition) is 1. The Morgan fingerprint density at radius 2 is 1.94 bits per heavy atom. The van der Waals surface area contributed by atoms with Crippen LogP contribution >= 0.6 is 0 Å². The molecule has 0 aromatic heterocycles. The van der Waals surface area contributed by atoms with Crippen molar-refractivity contribution in [3.63, 3.8) is 0 Å². The summed E-state index contributed by atoms with van der Waals surface area (Å²) in [6.07, 6.45) is 8.32. The summed E-state index contributed by atoms with van der Waals surface area (Å²) < 4.78 is 5.19. The van der Waals surface area contributed by atoms with Crippen molar-refractivity contribution in [1.82, 2.24) is 0 Å². The monoisotopic (exact) mass is 226 g/mol. The third kappa shape index (κ3) is 3.10. The number of methoxy groups -OCH3 is 1. The van der Waals surface area contributed by atoms with Crippen LogP contribution in [-0.4, -0.2) is 7.11 Å². The van der Waals surface area contributed by atoms with E-state index in [1.54, 1.807) is 7.11 Å². The Kier molecular flexibility index (Phi) is 3.81. The van der Waals surface area contributed by atoms with E-state index in [9.17, 15) is 0 Å². The largest absolute Gasteiger partial charge is 0.497 e. The number of benzene rings is 1. The van der Waals surface area contributed by atoms with Crippen molar-refractivity contribution in [2.45, 2.75) is 19.8 Å². The average molecular weight is 226 g/mol. The second-order valence-corrected chi connectivity index (χ2v) is 4.32. The van der Waals surface area contributed by atoms with Crippen LogP contribution in [-0.2, 0) is 11.2 Å².